The largest absolute Gasteiger partial charge is 0.362 e. The van der Waals surface area contributed by atoms with Crippen molar-refractivity contribution >= 4 is 34.3 Å². The van der Waals surface area contributed by atoms with E-state index in [0.717, 1.165) is 30.4 Å². The second kappa shape index (κ2) is 5.37. The van der Waals surface area contributed by atoms with Gasteiger partial charge < -0.3 is 10.6 Å². The molecule has 2 N–H and O–H groups in total. The van der Waals surface area contributed by atoms with E-state index in [1.165, 1.54) is 0 Å². The monoisotopic (exact) mass is 203 g/mol. The Labute approximate surface area is 82.4 Å². The molecule has 1 heterocycles. The summed E-state index contributed by atoms with van der Waals surface area (Å²) in [5.41, 5.74) is 0. The van der Waals surface area contributed by atoms with Crippen molar-refractivity contribution in [2.75, 3.05) is 18.8 Å². The van der Waals surface area contributed by atoms with E-state index in [2.05, 4.69) is 22.5 Å². The van der Waals surface area contributed by atoms with E-state index in [1.54, 1.807) is 11.8 Å². The van der Waals surface area contributed by atoms with E-state index < -0.39 is 0 Å². The molecule has 5 heteroatoms. The fraction of sp³-hybridized carbons (Fsp3) is 0.714. The molecule has 0 spiro atoms. The first-order valence-electron chi connectivity index (χ1n) is 4.05. The van der Waals surface area contributed by atoms with E-state index in [1.807, 2.05) is 0 Å². The molecule has 0 aromatic heterocycles. The number of aliphatic imine (C=N–C) groups is 1. The molecule has 12 heavy (non-hydrogen) atoms. The molecule has 0 saturated heterocycles. The second-order valence-electron chi connectivity index (χ2n) is 2.42. The molecule has 1 rings (SSSR count). The maximum atomic E-state index is 5.04. The minimum atomic E-state index is 0.685. The van der Waals surface area contributed by atoms with Crippen LogP contribution in [0.1, 0.15) is 13.3 Å². The predicted molar refractivity (Wildman–Crippen MR) is 58.8 cm³/mol. The van der Waals surface area contributed by atoms with Gasteiger partial charge in [0.15, 0.2) is 10.3 Å². The summed E-state index contributed by atoms with van der Waals surface area (Å²) in [6, 6.07) is 0. The zero-order valence-corrected chi connectivity index (χ0v) is 8.73. The Bertz CT molecular complexity index is 191. The zero-order chi connectivity index (χ0) is 8.81. The highest BCUT2D eigenvalue weighted by Gasteiger charge is 2.07. The van der Waals surface area contributed by atoms with Crippen molar-refractivity contribution in [3.63, 3.8) is 0 Å². The van der Waals surface area contributed by atoms with Gasteiger partial charge in [0.05, 0.1) is 6.54 Å². The van der Waals surface area contributed by atoms with Crippen LogP contribution in [0.3, 0.4) is 0 Å². The van der Waals surface area contributed by atoms with Gasteiger partial charge in [-0.05, 0) is 18.6 Å². The van der Waals surface area contributed by atoms with Crippen LogP contribution in [0.2, 0.25) is 0 Å². The molecule has 0 aliphatic carbocycles. The van der Waals surface area contributed by atoms with E-state index in [9.17, 15) is 0 Å². The molecular weight excluding hydrogens is 190 g/mol. The lowest BCUT2D eigenvalue weighted by Crippen LogP contribution is -2.37. The number of amidine groups is 1. The molecule has 68 valence electrons. The Morgan fingerprint density at radius 1 is 1.75 bits per heavy atom. The second-order valence-corrected chi connectivity index (χ2v) is 3.91. The molecular formula is C7H13N3S2. The van der Waals surface area contributed by atoms with Crippen LogP contribution >= 0.6 is 24.0 Å². The number of thioether (sulfide) groups is 1. The quantitative estimate of drug-likeness (QED) is 0.656. The Balaban J connectivity index is 2.17. The molecule has 3 nitrogen and oxygen atoms in total. The molecule has 0 amide bonds. The normalized spacial score (nSPS) is 15.6. The molecule has 0 atom stereocenters. The maximum absolute atomic E-state index is 5.04. The topological polar surface area (TPSA) is 36.4 Å². The zero-order valence-electron chi connectivity index (χ0n) is 7.09. The lowest BCUT2D eigenvalue weighted by atomic mass is 10.5. The highest BCUT2D eigenvalue weighted by atomic mass is 32.2. The fourth-order valence-corrected chi connectivity index (χ4v) is 1.79. The van der Waals surface area contributed by atoms with Crippen LogP contribution in [0, 0.1) is 0 Å². The van der Waals surface area contributed by atoms with Gasteiger partial charge in [-0.25, -0.2) is 0 Å². The average molecular weight is 203 g/mol. The Hall–Kier alpha value is -0.290. The van der Waals surface area contributed by atoms with Gasteiger partial charge in [0, 0.05) is 12.3 Å². The molecule has 0 aromatic carbocycles. The van der Waals surface area contributed by atoms with Gasteiger partial charge in [-0.2, -0.15) is 0 Å². The maximum Gasteiger partial charge on any atom is 0.172 e. The highest BCUT2D eigenvalue weighted by Crippen LogP contribution is 2.08. The van der Waals surface area contributed by atoms with Gasteiger partial charge in [0.2, 0.25) is 0 Å². The van der Waals surface area contributed by atoms with E-state index in [0.29, 0.717) is 5.11 Å². The Morgan fingerprint density at radius 2 is 2.58 bits per heavy atom. The first kappa shape index (κ1) is 9.80. The molecule has 1 aliphatic heterocycles. The summed E-state index contributed by atoms with van der Waals surface area (Å²) < 4.78 is 0. The molecule has 0 radical (unpaired) electrons. The van der Waals surface area contributed by atoms with Crippen LogP contribution in [0.25, 0.3) is 0 Å². The van der Waals surface area contributed by atoms with Crippen LogP contribution in [0.4, 0.5) is 0 Å². The minimum Gasteiger partial charge on any atom is -0.362 e. The van der Waals surface area contributed by atoms with Crippen LogP contribution in [-0.4, -0.2) is 29.1 Å². The lowest BCUT2D eigenvalue weighted by molar-refractivity contribution is 0.836. The van der Waals surface area contributed by atoms with Crippen molar-refractivity contribution in [1.82, 2.24) is 10.6 Å². The van der Waals surface area contributed by atoms with E-state index in [-0.39, 0.29) is 0 Å². The molecule has 1 aliphatic rings. The third-order valence-corrected chi connectivity index (χ3v) is 2.48. The predicted octanol–water partition coefficient (Wildman–Crippen LogP) is 0.963. The summed E-state index contributed by atoms with van der Waals surface area (Å²) in [7, 11) is 0. The number of nitrogens with zero attached hydrogens (tertiary/aromatic N) is 1. The van der Waals surface area contributed by atoms with Gasteiger partial charge >= 0.3 is 0 Å². The SMILES string of the molecule is CCCNC(=S)NC1=NCCS1. The molecule has 0 bridgehead atoms. The molecule has 0 unspecified atom stereocenters. The van der Waals surface area contributed by atoms with Crippen molar-refractivity contribution in [3.8, 4) is 0 Å². The minimum absolute atomic E-state index is 0.685. The molecule has 0 aromatic rings. The van der Waals surface area contributed by atoms with Gasteiger partial charge in [0.1, 0.15) is 0 Å². The third kappa shape index (κ3) is 3.40. The van der Waals surface area contributed by atoms with Crippen molar-refractivity contribution in [2.45, 2.75) is 13.3 Å². The Morgan fingerprint density at radius 3 is 3.17 bits per heavy atom. The summed E-state index contributed by atoms with van der Waals surface area (Å²) in [5.74, 6) is 1.07. The van der Waals surface area contributed by atoms with Gasteiger partial charge in [-0.3, -0.25) is 4.99 Å². The van der Waals surface area contributed by atoms with Gasteiger partial charge in [0.25, 0.3) is 0 Å². The fourth-order valence-electron chi connectivity index (χ4n) is 0.791. The van der Waals surface area contributed by atoms with Gasteiger partial charge in [-0.1, -0.05) is 18.7 Å². The third-order valence-electron chi connectivity index (χ3n) is 1.34. The number of thiocarbonyl (C=S) groups is 1. The standard InChI is InChI=1S/C7H13N3S2/c1-2-3-8-6(11)10-7-9-4-5-12-7/h2-5H2,1H3,(H2,8,9,10,11). The van der Waals surface area contributed by atoms with E-state index >= 15 is 0 Å². The van der Waals surface area contributed by atoms with Crippen molar-refractivity contribution in [1.29, 1.82) is 0 Å². The number of nitrogens with one attached hydrogen (secondary N) is 2. The van der Waals surface area contributed by atoms with Crippen LogP contribution in [-0.2, 0) is 0 Å². The number of hydrogen-bond donors (Lipinski definition) is 2. The molecule has 0 fully saturated rings. The number of rotatable bonds is 2. The Kier molecular flexibility index (Phi) is 4.39. The summed E-state index contributed by atoms with van der Waals surface area (Å²) in [6.45, 7) is 3.94. The van der Waals surface area contributed by atoms with Crippen molar-refractivity contribution in [3.05, 3.63) is 0 Å². The average Bonchev–Trinajstić information content (AvgIpc) is 2.53. The van der Waals surface area contributed by atoms with Gasteiger partial charge in [-0.15, -0.1) is 0 Å². The lowest BCUT2D eigenvalue weighted by Gasteiger charge is -2.07. The summed E-state index contributed by atoms with van der Waals surface area (Å²) in [4.78, 5) is 4.22. The number of hydrogen-bond acceptors (Lipinski definition) is 3. The van der Waals surface area contributed by atoms with E-state index in [4.69, 9.17) is 12.2 Å². The first-order chi connectivity index (χ1) is 5.83. The van der Waals surface area contributed by atoms with Crippen LogP contribution in [0.5, 0.6) is 0 Å². The summed E-state index contributed by atoms with van der Waals surface area (Å²) >= 11 is 6.76. The first-order valence-corrected chi connectivity index (χ1v) is 5.44. The summed E-state index contributed by atoms with van der Waals surface area (Å²) in [5, 5.41) is 7.77. The van der Waals surface area contributed by atoms with Crippen molar-refractivity contribution < 1.29 is 0 Å². The molecule has 0 saturated carbocycles. The smallest absolute Gasteiger partial charge is 0.172 e. The van der Waals surface area contributed by atoms with Crippen LogP contribution in [0.15, 0.2) is 4.99 Å². The van der Waals surface area contributed by atoms with Crippen LogP contribution < -0.4 is 10.6 Å². The summed E-state index contributed by atoms with van der Waals surface area (Å²) in [6.07, 6.45) is 1.08. The van der Waals surface area contributed by atoms with Crippen molar-refractivity contribution in [2.24, 2.45) is 4.99 Å². The highest BCUT2D eigenvalue weighted by molar-refractivity contribution is 8.14.